The zero-order valence-corrected chi connectivity index (χ0v) is 11.4. The van der Waals surface area contributed by atoms with E-state index in [0.29, 0.717) is 30.3 Å². The van der Waals surface area contributed by atoms with E-state index in [4.69, 9.17) is 9.47 Å². The van der Waals surface area contributed by atoms with Crippen LogP contribution in [0.4, 0.5) is 0 Å². The largest absolute Gasteiger partial charge is 0.490 e. The standard InChI is InChI=1S/C14H21NO3/c1-5-17-12-8-7-11(9-13(12)18-6-2)14(16)15-10(3)4/h7-10H,5-6H2,1-4H3,(H,15,16). The molecule has 0 heterocycles. The molecule has 1 aromatic rings. The Morgan fingerprint density at radius 3 is 2.33 bits per heavy atom. The summed E-state index contributed by atoms with van der Waals surface area (Å²) in [5.41, 5.74) is 0.579. The number of benzene rings is 1. The van der Waals surface area contributed by atoms with Crippen LogP contribution in [0.1, 0.15) is 38.1 Å². The van der Waals surface area contributed by atoms with Gasteiger partial charge in [-0.2, -0.15) is 0 Å². The Hall–Kier alpha value is -1.71. The highest BCUT2D eigenvalue weighted by molar-refractivity contribution is 5.95. The highest BCUT2D eigenvalue weighted by Gasteiger charge is 2.11. The Morgan fingerprint density at radius 1 is 1.17 bits per heavy atom. The molecule has 0 atom stereocenters. The summed E-state index contributed by atoms with van der Waals surface area (Å²) >= 11 is 0. The third kappa shape index (κ3) is 3.95. The Morgan fingerprint density at radius 2 is 1.78 bits per heavy atom. The van der Waals surface area contributed by atoms with Gasteiger partial charge in [-0.15, -0.1) is 0 Å². The number of carbonyl (C=O) groups excluding carboxylic acids is 1. The van der Waals surface area contributed by atoms with Crippen LogP contribution >= 0.6 is 0 Å². The minimum Gasteiger partial charge on any atom is -0.490 e. The molecule has 0 aliphatic rings. The summed E-state index contributed by atoms with van der Waals surface area (Å²) in [6, 6.07) is 5.33. The SMILES string of the molecule is CCOc1ccc(C(=O)NC(C)C)cc1OCC. The normalized spacial score (nSPS) is 10.3. The van der Waals surface area contributed by atoms with Gasteiger partial charge in [0.25, 0.3) is 5.91 Å². The lowest BCUT2D eigenvalue weighted by molar-refractivity contribution is 0.0942. The number of hydrogen-bond acceptors (Lipinski definition) is 3. The molecule has 0 aromatic heterocycles. The maximum absolute atomic E-state index is 11.9. The number of hydrogen-bond donors (Lipinski definition) is 1. The molecule has 0 aliphatic heterocycles. The molecule has 0 aliphatic carbocycles. The fourth-order valence-electron chi connectivity index (χ4n) is 1.54. The summed E-state index contributed by atoms with van der Waals surface area (Å²) in [6.07, 6.45) is 0. The van der Waals surface area contributed by atoms with Gasteiger partial charge in [-0.05, 0) is 45.9 Å². The number of rotatable bonds is 6. The molecule has 0 bridgehead atoms. The van der Waals surface area contributed by atoms with Gasteiger partial charge in [0, 0.05) is 11.6 Å². The molecule has 18 heavy (non-hydrogen) atoms. The van der Waals surface area contributed by atoms with Gasteiger partial charge in [0.05, 0.1) is 13.2 Å². The molecular weight excluding hydrogens is 230 g/mol. The van der Waals surface area contributed by atoms with Crippen LogP contribution in [-0.2, 0) is 0 Å². The van der Waals surface area contributed by atoms with E-state index in [-0.39, 0.29) is 11.9 Å². The van der Waals surface area contributed by atoms with E-state index in [9.17, 15) is 4.79 Å². The Balaban J connectivity index is 2.94. The smallest absolute Gasteiger partial charge is 0.251 e. The van der Waals surface area contributed by atoms with Gasteiger partial charge in [0.2, 0.25) is 0 Å². The second-order valence-electron chi connectivity index (χ2n) is 4.16. The second-order valence-corrected chi connectivity index (χ2v) is 4.16. The molecular formula is C14H21NO3. The van der Waals surface area contributed by atoms with Crippen molar-refractivity contribution in [2.24, 2.45) is 0 Å². The molecule has 4 heteroatoms. The van der Waals surface area contributed by atoms with Crippen molar-refractivity contribution in [1.29, 1.82) is 0 Å². The van der Waals surface area contributed by atoms with Gasteiger partial charge >= 0.3 is 0 Å². The van der Waals surface area contributed by atoms with Crippen molar-refractivity contribution < 1.29 is 14.3 Å². The summed E-state index contributed by atoms with van der Waals surface area (Å²) in [7, 11) is 0. The van der Waals surface area contributed by atoms with Crippen LogP contribution in [-0.4, -0.2) is 25.2 Å². The Kier molecular flexibility index (Phi) is 5.49. The van der Waals surface area contributed by atoms with E-state index >= 15 is 0 Å². The van der Waals surface area contributed by atoms with Crippen LogP contribution in [0.3, 0.4) is 0 Å². The number of amides is 1. The van der Waals surface area contributed by atoms with Crippen LogP contribution in [0.25, 0.3) is 0 Å². The molecule has 0 saturated carbocycles. The molecule has 0 radical (unpaired) electrons. The first-order chi connectivity index (χ1) is 8.58. The van der Waals surface area contributed by atoms with E-state index in [1.54, 1.807) is 18.2 Å². The molecule has 0 spiro atoms. The molecule has 1 N–H and O–H groups in total. The predicted octanol–water partition coefficient (Wildman–Crippen LogP) is 2.62. The molecule has 1 amide bonds. The third-order valence-corrected chi connectivity index (χ3v) is 2.23. The maximum atomic E-state index is 11.9. The highest BCUT2D eigenvalue weighted by atomic mass is 16.5. The first-order valence-electron chi connectivity index (χ1n) is 6.29. The van der Waals surface area contributed by atoms with Crippen molar-refractivity contribution >= 4 is 5.91 Å². The third-order valence-electron chi connectivity index (χ3n) is 2.23. The predicted molar refractivity (Wildman–Crippen MR) is 71.4 cm³/mol. The summed E-state index contributed by atoms with van der Waals surface area (Å²) in [4.78, 5) is 11.9. The van der Waals surface area contributed by atoms with Crippen molar-refractivity contribution in [2.75, 3.05) is 13.2 Å². The lowest BCUT2D eigenvalue weighted by atomic mass is 10.1. The average Bonchev–Trinajstić information content (AvgIpc) is 2.31. The van der Waals surface area contributed by atoms with Crippen LogP contribution in [0, 0.1) is 0 Å². The number of carbonyl (C=O) groups is 1. The van der Waals surface area contributed by atoms with E-state index in [0.717, 1.165) is 0 Å². The number of ether oxygens (including phenoxy) is 2. The van der Waals surface area contributed by atoms with Crippen molar-refractivity contribution in [1.82, 2.24) is 5.32 Å². The van der Waals surface area contributed by atoms with Crippen molar-refractivity contribution in [3.8, 4) is 11.5 Å². The van der Waals surface area contributed by atoms with E-state index in [2.05, 4.69) is 5.32 Å². The molecule has 1 rings (SSSR count). The molecule has 1 aromatic carbocycles. The zero-order chi connectivity index (χ0) is 13.5. The van der Waals surface area contributed by atoms with Crippen LogP contribution in [0.15, 0.2) is 18.2 Å². The lowest BCUT2D eigenvalue weighted by Crippen LogP contribution is -2.30. The summed E-state index contributed by atoms with van der Waals surface area (Å²) in [6.45, 7) is 8.77. The second kappa shape index (κ2) is 6.89. The topological polar surface area (TPSA) is 47.6 Å². The van der Waals surface area contributed by atoms with Crippen LogP contribution in [0.5, 0.6) is 11.5 Å². The monoisotopic (exact) mass is 251 g/mol. The van der Waals surface area contributed by atoms with E-state index < -0.39 is 0 Å². The highest BCUT2D eigenvalue weighted by Crippen LogP contribution is 2.28. The quantitative estimate of drug-likeness (QED) is 0.845. The minimum absolute atomic E-state index is 0.103. The fourth-order valence-corrected chi connectivity index (χ4v) is 1.54. The Bertz CT molecular complexity index is 402. The van der Waals surface area contributed by atoms with E-state index in [1.165, 1.54) is 0 Å². The first kappa shape index (κ1) is 14.4. The van der Waals surface area contributed by atoms with Crippen molar-refractivity contribution in [3.63, 3.8) is 0 Å². The van der Waals surface area contributed by atoms with Gasteiger partial charge < -0.3 is 14.8 Å². The fraction of sp³-hybridized carbons (Fsp3) is 0.500. The van der Waals surface area contributed by atoms with Crippen molar-refractivity contribution in [3.05, 3.63) is 23.8 Å². The van der Waals surface area contributed by atoms with Gasteiger partial charge in [0.1, 0.15) is 0 Å². The molecule has 4 nitrogen and oxygen atoms in total. The summed E-state index contributed by atoms with van der Waals surface area (Å²) < 4.78 is 10.9. The summed E-state index contributed by atoms with van der Waals surface area (Å²) in [5, 5.41) is 2.84. The van der Waals surface area contributed by atoms with Gasteiger partial charge in [-0.25, -0.2) is 0 Å². The van der Waals surface area contributed by atoms with E-state index in [1.807, 2.05) is 27.7 Å². The van der Waals surface area contributed by atoms with Gasteiger partial charge in [-0.1, -0.05) is 0 Å². The lowest BCUT2D eigenvalue weighted by Gasteiger charge is -2.13. The molecule has 0 fully saturated rings. The van der Waals surface area contributed by atoms with Gasteiger partial charge in [-0.3, -0.25) is 4.79 Å². The van der Waals surface area contributed by atoms with Crippen molar-refractivity contribution in [2.45, 2.75) is 33.7 Å². The first-order valence-corrected chi connectivity index (χ1v) is 6.29. The zero-order valence-electron chi connectivity index (χ0n) is 11.4. The molecule has 0 unspecified atom stereocenters. The number of nitrogens with one attached hydrogen (secondary N) is 1. The molecule has 0 saturated heterocycles. The minimum atomic E-state index is -0.103. The maximum Gasteiger partial charge on any atom is 0.251 e. The summed E-state index contributed by atoms with van der Waals surface area (Å²) in [5.74, 6) is 1.17. The Labute approximate surface area is 108 Å². The average molecular weight is 251 g/mol. The van der Waals surface area contributed by atoms with Crippen LogP contribution < -0.4 is 14.8 Å². The molecule has 100 valence electrons. The van der Waals surface area contributed by atoms with Crippen LogP contribution in [0.2, 0.25) is 0 Å². The van der Waals surface area contributed by atoms with Gasteiger partial charge in [0.15, 0.2) is 11.5 Å².